The summed E-state index contributed by atoms with van der Waals surface area (Å²) in [5, 5.41) is 7.36. The minimum Gasteiger partial charge on any atom is -0.378 e. The molecule has 2 aromatic rings. The maximum absolute atomic E-state index is 5.60. The van der Waals surface area contributed by atoms with Crippen LogP contribution in [0.4, 0.5) is 0 Å². The highest BCUT2D eigenvalue weighted by Crippen LogP contribution is 2.19. The van der Waals surface area contributed by atoms with Crippen LogP contribution in [0.1, 0.15) is 36.2 Å². The maximum atomic E-state index is 5.60. The molecule has 1 aliphatic heterocycles. The van der Waals surface area contributed by atoms with Gasteiger partial charge in [-0.1, -0.05) is 35.5 Å². The number of rotatable bonds is 6. The van der Waals surface area contributed by atoms with Crippen LogP contribution in [0.2, 0.25) is 0 Å². The average Bonchev–Trinajstić information content (AvgIpc) is 3.18. The summed E-state index contributed by atoms with van der Waals surface area (Å²) < 4.78 is 11.0. The second kappa shape index (κ2) is 6.83. The number of benzene rings is 1. The maximum Gasteiger partial charge on any atom is 0.228 e. The number of hydrogen-bond donors (Lipinski definition) is 1. The van der Waals surface area contributed by atoms with Gasteiger partial charge in [0.25, 0.3) is 0 Å². The smallest absolute Gasteiger partial charge is 0.228 e. The lowest BCUT2D eigenvalue weighted by Crippen LogP contribution is -2.19. The van der Waals surface area contributed by atoms with Gasteiger partial charge >= 0.3 is 0 Å². The second-order valence-electron chi connectivity index (χ2n) is 5.40. The van der Waals surface area contributed by atoms with Crippen molar-refractivity contribution in [2.45, 2.75) is 37.8 Å². The monoisotopic (exact) mass is 287 g/mol. The van der Waals surface area contributed by atoms with Gasteiger partial charge in [-0.25, -0.2) is 0 Å². The van der Waals surface area contributed by atoms with Gasteiger partial charge in [0.1, 0.15) is 0 Å². The van der Waals surface area contributed by atoms with Crippen molar-refractivity contribution >= 4 is 0 Å². The highest BCUT2D eigenvalue weighted by molar-refractivity contribution is 5.19. The molecule has 5 nitrogen and oxygen atoms in total. The zero-order chi connectivity index (χ0) is 14.5. The van der Waals surface area contributed by atoms with Crippen molar-refractivity contribution in [2.75, 3.05) is 13.7 Å². The van der Waals surface area contributed by atoms with E-state index in [2.05, 4.69) is 27.6 Å². The van der Waals surface area contributed by atoms with Gasteiger partial charge in [0.05, 0.1) is 6.10 Å². The van der Waals surface area contributed by atoms with Gasteiger partial charge in [-0.15, -0.1) is 0 Å². The quantitative estimate of drug-likeness (QED) is 0.883. The Balaban J connectivity index is 1.62. The van der Waals surface area contributed by atoms with Gasteiger partial charge in [-0.05, 0) is 25.5 Å². The summed E-state index contributed by atoms with van der Waals surface area (Å²) in [5.41, 5.74) is 1.22. The topological polar surface area (TPSA) is 60.2 Å². The SMILES string of the molecule is CNC(Cc1nc(CC2CCCO2)no1)c1ccccc1. The zero-order valence-corrected chi connectivity index (χ0v) is 12.3. The van der Waals surface area contributed by atoms with E-state index in [4.69, 9.17) is 9.26 Å². The number of likely N-dealkylation sites (N-methyl/N-ethyl adjacent to an activating group) is 1. The molecule has 1 aromatic heterocycles. The molecule has 3 rings (SSSR count). The molecule has 5 heteroatoms. The highest BCUT2D eigenvalue weighted by Gasteiger charge is 2.20. The normalized spacial score (nSPS) is 19.8. The lowest BCUT2D eigenvalue weighted by Gasteiger charge is -2.13. The van der Waals surface area contributed by atoms with E-state index in [9.17, 15) is 0 Å². The molecule has 0 amide bonds. The van der Waals surface area contributed by atoms with Crippen molar-refractivity contribution in [1.29, 1.82) is 0 Å². The van der Waals surface area contributed by atoms with Gasteiger partial charge in [0.2, 0.25) is 5.89 Å². The van der Waals surface area contributed by atoms with Crippen molar-refractivity contribution in [3.8, 4) is 0 Å². The Bertz CT molecular complexity index is 550. The third-order valence-corrected chi connectivity index (χ3v) is 3.87. The van der Waals surface area contributed by atoms with E-state index >= 15 is 0 Å². The Kier molecular flexibility index (Phi) is 4.62. The minimum atomic E-state index is 0.183. The van der Waals surface area contributed by atoms with Crippen LogP contribution in [0.5, 0.6) is 0 Å². The summed E-state index contributed by atoms with van der Waals surface area (Å²) in [7, 11) is 1.95. The Hall–Kier alpha value is -1.72. The first-order chi connectivity index (χ1) is 10.3. The van der Waals surface area contributed by atoms with Crippen LogP contribution in [-0.4, -0.2) is 29.9 Å². The molecule has 0 radical (unpaired) electrons. The summed E-state index contributed by atoms with van der Waals surface area (Å²) in [6.07, 6.45) is 3.92. The van der Waals surface area contributed by atoms with Crippen molar-refractivity contribution in [3.05, 3.63) is 47.6 Å². The summed E-state index contributed by atoms with van der Waals surface area (Å²) in [4.78, 5) is 4.49. The molecule has 21 heavy (non-hydrogen) atoms. The third kappa shape index (κ3) is 3.68. The fraction of sp³-hybridized carbons (Fsp3) is 0.500. The number of aromatic nitrogens is 2. The third-order valence-electron chi connectivity index (χ3n) is 3.87. The second-order valence-corrected chi connectivity index (χ2v) is 5.40. The molecule has 2 heterocycles. The van der Waals surface area contributed by atoms with Gasteiger partial charge in [0.15, 0.2) is 5.82 Å². The fourth-order valence-electron chi connectivity index (χ4n) is 2.71. The summed E-state index contributed by atoms with van der Waals surface area (Å²) in [5.74, 6) is 1.42. The van der Waals surface area contributed by atoms with Crippen molar-refractivity contribution in [2.24, 2.45) is 0 Å². The highest BCUT2D eigenvalue weighted by atomic mass is 16.5. The first-order valence-electron chi connectivity index (χ1n) is 7.50. The van der Waals surface area contributed by atoms with Crippen molar-refractivity contribution < 1.29 is 9.26 Å². The molecule has 1 N–H and O–H groups in total. The average molecular weight is 287 g/mol. The molecule has 0 spiro atoms. The Morgan fingerprint density at radius 2 is 2.19 bits per heavy atom. The van der Waals surface area contributed by atoms with Crippen LogP contribution in [0.25, 0.3) is 0 Å². The molecule has 1 saturated heterocycles. The Morgan fingerprint density at radius 3 is 2.90 bits per heavy atom. The Labute approximate surface area is 124 Å². The lowest BCUT2D eigenvalue weighted by molar-refractivity contribution is 0.109. The van der Waals surface area contributed by atoms with E-state index < -0.39 is 0 Å². The van der Waals surface area contributed by atoms with Crippen molar-refractivity contribution in [1.82, 2.24) is 15.5 Å². The van der Waals surface area contributed by atoms with E-state index in [0.717, 1.165) is 31.7 Å². The van der Waals surface area contributed by atoms with Gasteiger partial charge < -0.3 is 14.6 Å². The van der Waals surface area contributed by atoms with Gasteiger partial charge in [-0.2, -0.15) is 4.98 Å². The summed E-state index contributed by atoms with van der Waals surface area (Å²) in [6.45, 7) is 0.852. The molecule has 1 aromatic carbocycles. The molecule has 2 unspecified atom stereocenters. The molecule has 2 atom stereocenters. The lowest BCUT2D eigenvalue weighted by atomic mass is 10.0. The van der Waals surface area contributed by atoms with E-state index in [-0.39, 0.29) is 12.1 Å². The predicted molar refractivity (Wildman–Crippen MR) is 78.9 cm³/mol. The minimum absolute atomic E-state index is 0.183. The van der Waals surface area contributed by atoms with Crippen molar-refractivity contribution in [3.63, 3.8) is 0 Å². The van der Waals surface area contributed by atoms with Crippen LogP contribution >= 0.6 is 0 Å². The number of nitrogens with zero attached hydrogens (tertiary/aromatic N) is 2. The van der Waals surface area contributed by atoms with E-state index in [0.29, 0.717) is 12.3 Å². The molecule has 0 bridgehead atoms. The van der Waals surface area contributed by atoms with Crippen LogP contribution in [-0.2, 0) is 17.6 Å². The summed E-state index contributed by atoms with van der Waals surface area (Å²) >= 11 is 0. The van der Waals surface area contributed by atoms with Crippen LogP contribution in [0.3, 0.4) is 0 Å². The van der Waals surface area contributed by atoms with Gasteiger partial charge in [0, 0.05) is 25.5 Å². The zero-order valence-electron chi connectivity index (χ0n) is 12.3. The van der Waals surface area contributed by atoms with Crippen LogP contribution < -0.4 is 5.32 Å². The predicted octanol–water partition coefficient (Wildman–Crippen LogP) is 2.29. The van der Waals surface area contributed by atoms with Crippen LogP contribution in [0, 0.1) is 0 Å². The molecule has 1 fully saturated rings. The standard InChI is InChI=1S/C16H21N3O2/c1-17-14(12-6-3-2-4-7-12)11-16-18-15(19-21-16)10-13-8-5-9-20-13/h2-4,6-7,13-14,17H,5,8-11H2,1H3. The molecule has 1 aliphatic rings. The largest absolute Gasteiger partial charge is 0.378 e. The summed E-state index contributed by atoms with van der Waals surface area (Å²) in [6, 6.07) is 10.5. The molecular formula is C16H21N3O2. The first kappa shape index (κ1) is 14.2. The Morgan fingerprint density at radius 1 is 1.33 bits per heavy atom. The fourth-order valence-corrected chi connectivity index (χ4v) is 2.71. The number of ether oxygens (including phenoxy) is 1. The molecule has 0 aliphatic carbocycles. The van der Waals surface area contributed by atoms with E-state index in [1.807, 2.05) is 25.2 Å². The molecule has 112 valence electrons. The molecule has 0 saturated carbocycles. The number of hydrogen-bond acceptors (Lipinski definition) is 5. The van der Waals surface area contributed by atoms with Crippen LogP contribution in [0.15, 0.2) is 34.9 Å². The molecular weight excluding hydrogens is 266 g/mol. The van der Waals surface area contributed by atoms with E-state index in [1.54, 1.807) is 0 Å². The van der Waals surface area contributed by atoms with E-state index in [1.165, 1.54) is 5.56 Å². The van der Waals surface area contributed by atoms with Gasteiger partial charge in [-0.3, -0.25) is 0 Å². The number of nitrogens with one attached hydrogen (secondary N) is 1. The first-order valence-corrected chi connectivity index (χ1v) is 7.50.